The van der Waals surface area contributed by atoms with Crippen LogP contribution in [0, 0.1) is 0 Å². The Labute approximate surface area is 94.8 Å². The zero-order valence-corrected chi connectivity index (χ0v) is 10.2. The third-order valence-electron chi connectivity index (χ3n) is 1.92. The number of unbranched alkanes of at least 4 members (excludes halogenated alkanes) is 1. The van der Waals surface area contributed by atoms with E-state index in [0.29, 0.717) is 0 Å². The number of benzene rings is 1. The molecule has 0 aliphatic rings. The van der Waals surface area contributed by atoms with Gasteiger partial charge in [-0.15, -0.1) is 11.8 Å². The molecule has 1 aromatic rings. The fraction of sp³-hybridized carbons (Fsp3) is 0.455. The highest BCUT2D eigenvalue weighted by molar-refractivity contribution is 7.99. The molecular formula is C11H17NS2. The third kappa shape index (κ3) is 4.29. The van der Waals surface area contributed by atoms with Gasteiger partial charge in [0.1, 0.15) is 0 Å². The molecule has 0 aromatic heterocycles. The van der Waals surface area contributed by atoms with Gasteiger partial charge in [-0.1, -0.05) is 12.1 Å². The first-order chi connectivity index (χ1) is 6.84. The second kappa shape index (κ2) is 7.07. The lowest BCUT2D eigenvalue weighted by Gasteiger charge is -2.04. The lowest BCUT2D eigenvalue weighted by Crippen LogP contribution is -1.89. The number of nitrogen functional groups attached to an aromatic ring is 1. The minimum atomic E-state index is 0.905. The Morgan fingerprint density at radius 2 is 1.86 bits per heavy atom. The zero-order valence-electron chi connectivity index (χ0n) is 8.53. The van der Waals surface area contributed by atoms with Crippen molar-refractivity contribution in [2.45, 2.75) is 17.7 Å². The van der Waals surface area contributed by atoms with Crippen LogP contribution in [0.15, 0.2) is 29.2 Å². The van der Waals surface area contributed by atoms with Crippen LogP contribution >= 0.6 is 23.5 Å². The average molecular weight is 227 g/mol. The van der Waals surface area contributed by atoms with Gasteiger partial charge in [0.15, 0.2) is 0 Å². The fourth-order valence-corrected chi connectivity index (χ4v) is 2.61. The first-order valence-corrected chi connectivity index (χ1v) is 7.19. The molecular weight excluding hydrogens is 210 g/mol. The van der Waals surface area contributed by atoms with E-state index in [-0.39, 0.29) is 0 Å². The van der Waals surface area contributed by atoms with Crippen LogP contribution in [0.2, 0.25) is 0 Å². The maximum Gasteiger partial charge on any atom is 0.0452 e. The van der Waals surface area contributed by atoms with Crippen molar-refractivity contribution < 1.29 is 0 Å². The summed E-state index contributed by atoms with van der Waals surface area (Å²) in [6.45, 7) is 0. The molecule has 0 unspecified atom stereocenters. The maximum absolute atomic E-state index is 5.84. The van der Waals surface area contributed by atoms with Crippen LogP contribution in [0.4, 0.5) is 5.69 Å². The Bertz CT molecular complexity index is 263. The second-order valence-corrected chi connectivity index (χ2v) is 5.21. The molecule has 3 heteroatoms. The van der Waals surface area contributed by atoms with Gasteiger partial charge in [-0.3, -0.25) is 0 Å². The molecule has 78 valence electrons. The van der Waals surface area contributed by atoms with Crippen molar-refractivity contribution in [2.24, 2.45) is 0 Å². The Morgan fingerprint density at radius 1 is 1.14 bits per heavy atom. The highest BCUT2D eigenvalue weighted by Crippen LogP contribution is 2.25. The molecule has 1 aromatic carbocycles. The second-order valence-electron chi connectivity index (χ2n) is 3.09. The molecule has 0 amide bonds. The summed E-state index contributed by atoms with van der Waals surface area (Å²) in [5.41, 5.74) is 6.74. The summed E-state index contributed by atoms with van der Waals surface area (Å²) in [5, 5.41) is 0. The van der Waals surface area contributed by atoms with Gasteiger partial charge >= 0.3 is 0 Å². The SMILES string of the molecule is CSCCCCSc1ccccc1N. The predicted octanol–water partition coefficient (Wildman–Crippen LogP) is 3.50. The van der Waals surface area contributed by atoms with Gasteiger partial charge in [-0.05, 0) is 42.7 Å². The van der Waals surface area contributed by atoms with E-state index in [2.05, 4.69) is 12.3 Å². The molecule has 0 aliphatic heterocycles. The van der Waals surface area contributed by atoms with Crippen LogP contribution in [-0.4, -0.2) is 17.8 Å². The number of anilines is 1. The lowest BCUT2D eigenvalue weighted by atomic mass is 10.3. The molecule has 0 atom stereocenters. The summed E-state index contributed by atoms with van der Waals surface area (Å²) in [6.07, 6.45) is 4.74. The molecule has 1 nitrogen and oxygen atoms in total. The molecule has 0 saturated carbocycles. The maximum atomic E-state index is 5.84. The van der Waals surface area contributed by atoms with Crippen LogP contribution in [0.1, 0.15) is 12.8 Å². The van der Waals surface area contributed by atoms with Crippen LogP contribution in [-0.2, 0) is 0 Å². The molecule has 1 rings (SSSR count). The summed E-state index contributed by atoms with van der Waals surface area (Å²) in [5.74, 6) is 2.44. The van der Waals surface area contributed by atoms with E-state index in [1.54, 1.807) is 0 Å². The molecule has 0 radical (unpaired) electrons. The molecule has 0 heterocycles. The quantitative estimate of drug-likeness (QED) is 0.457. The summed E-state index contributed by atoms with van der Waals surface area (Å²) in [4.78, 5) is 1.22. The third-order valence-corrected chi connectivity index (χ3v) is 3.79. The van der Waals surface area contributed by atoms with E-state index in [1.165, 1.54) is 29.2 Å². The molecule has 2 N–H and O–H groups in total. The van der Waals surface area contributed by atoms with Crippen molar-refractivity contribution >= 4 is 29.2 Å². The van der Waals surface area contributed by atoms with Gasteiger partial charge in [0.25, 0.3) is 0 Å². The molecule has 0 bridgehead atoms. The van der Waals surface area contributed by atoms with E-state index >= 15 is 0 Å². The van der Waals surface area contributed by atoms with Crippen LogP contribution in [0.5, 0.6) is 0 Å². The van der Waals surface area contributed by atoms with Crippen molar-refractivity contribution in [3.05, 3.63) is 24.3 Å². The molecule has 0 saturated heterocycles. The summed E-state index contributed by atoms with van der Waals surface area (Å²) >= 11 is 3.78. The Hall–Kier alpha value is -0.280. The van der Waals surface area contributed by atoms with Crippen LogP contribution in [0.3, 0.4) is 0 Å². The Kier molecular flexibility index (Phi) is 5.96. The average Bonchev–Trinajstić information content (AvgIpc) is 2.20. The van der Waals surface area contributed by atoms with E-state index < -0.39 is 0 Å². The van der Waals surface area contributed by atoms with Gasteiger partial charge in [0.05, 0.1) is 0 Å². The highest BCUT2D eigenvalue weighted by Gasteiger charge is 1.97. The van der Waals surface area contributed by atoms with Gasteiger partial charge in [0.2, 0.25) is 0 Å². The number of nitrogens with two attached hydrogens (primary N) is 1. The largest absolute Gasteiger partial charge is 0.398 e. The number of para-hydroxylation sites is 1. The highest BCUT2D eigenvalue weighted by atomic mass is 32.2. The topological polar surface area (TPSA) is 26.0 Å². The van der Waals surface area contributed by atoms with E-state index in [9.17, 15) is 0 Å². The summed E-state index contributed by atoms with van der Waals surface area (Å²) < 4.78 is 0. The normalized spacial score (nSPS) is 10.4. The van der Waals surface area contributed by atoms with E-state index in [4.69, 9.17) is 5.73 Å². The summed E-state index contributed by atoms with van der Waals surface area (Å²) in [7, 11) is 0. The number of hydrogen-bond donors (Lipinski definition) is 1. The lowest BCUT2D eigenvalue weighted by molar-refractivity contribution is 0.908. The molecule has 14 heavy (non-hydrogen) atoms. The first-order valence-electron chi connectivity index (χ1n) is 4.81. The molecule has 0 spiro atoms. The smallest absolute Gasteiger partial charge is 0.0452 e. The predicted molar refractivity (Wildman–Crippen MR) is 69.2 cm³/mol. The Morgan fingerprint density at radius 3 is 2.57 bits per heavy atom. The van der Waals surface area contributed by atoms with Gasteiger partial charge in [0, 0.05) is 10.6 Å². The Balaban J connectivity index is 2.21. The molecule has 0 fully saturated rings. The minimum Gasteiger partial charge on any atom is -0.398 e. The fourth-order valence-electron chi connectivity index (χ4n) is 1.14. The number of thioether (sulfide) groups is 2. The van der Waals surface area contributed by atoms with E-state index in [0.717, 1.165) is 5.69 Å². The van der Waals surface area contributed by atoms with Gasteiger partial charge in [-0.2, -0.15) is 11.8 Å². The first kappa shape index (κ1) is 11.8. The standard InChI is InChI=1S/C11H17NS2/c1-13-8-4-5-9-14-11-7-3-2-6-10(11)12/h2-3,6-7H,4-5,8-9,12H2,1H3. The van der Waals surface area contributed by atoms with Crippen LogP contribution < -0.4 is 5.73 Å². The monoisotopic (exact) mass is 227 g/mol. The van der Waals surface area contributed by atoms with Crippen molar-refractivity contribution in [1.82, 2.24) is 0 Å². The van der Waals surface area contributed by atoms with Crippen molar-refractivity contribution in [3.63, 3.8) is 0 Å². The minimum absolute atomic E-state index is 0.905. The van der Waals surface area contributed by atoms with Gasteiger partial charge < -0.3 is 5.73 Å². The number of rotatable bonds is 6. The number of hydrogen-bond acceptors (Lipinski definition) is 3. The summed E-state index contributed by atoms with van der Waals surface area (Å²) in [6, 6.07) is 8.08. The van der Waals surface area contributed by atoms with E-state index in [1.807, 2.05) is 41.7 Å². The van der Waals surface area contributed by atoms with Crippen LogP contribution in [0.25, 0.3) is 0 Å². The van der Waals surface area contributed by atoms with Gasteiger partial charge in [-0.25, -0.2) is 0 Å². The molecule has 0 aliphatic carbocycles. The van der Waals surface area contributed by atoms with Crippen molar-refractivity contribution in [2.75, 3.05) is 23.5 Å². The van der Waals surface area contributed by atoms with Crippen molar-refractivity contribution in [3.8, 4) is 0 Å². The zero-order chi connectivity index (χ0) is 10.2. The van der Waals surface area contributed by atoms with Crippen molar-refractivity contribution in [1.29, 1.82) is 0 Å².